The van der Waals surface area contributed by atoms with Crippen LogP contribution < -0.4 is 11.1 Å². The third-order valence-corrected chi connectivity index (χ3v) is 7.38. The SMILES string of the molecule is N#Cc1cnc(NCC2CCN(C(=O)[C@@H]3CCC[C@@H]3N)CC2)nc1-c1c[nH]c2ncc(C(F)(F)F)cc12. The zero-order valence-corrected chi connectivity index (χ0v) is 20.1. The fourth-order valence-electron chi connectivity index (χ4n) is 5.23. The molecule has 1 saturated heterocycles. The van der Waals surface area contributed by atoms with E-state index >= 15 is 0 Å². The van der Waals surface area contributed by atoms with E-state index in [-0.39, 0.29) is 46.1 Å². The molecule has 37 heavy (non-hydrogen) atoms. The van der Waals surface area contributed by atoms with E-state index < -0.39 is 11.7 Å². The standard InChI is InChI=1S/C25H27F3N8O/c26-25(27,28)16-8-18-19(13-32-22(18)31-12-16)21-15(9-29)11-34-24(35-21)33-10-14-4-6-36(7-5-14)23(37)17-2-1-3-20(17)30/h8,11-14,17,20H,1-7,10,30H2,(H,31,32)(H,33,34,35)/t17-,20+/m1/s1. The summed E-state index contributed by atoms with van der Waals surface area (Å²) in [5.74, 6) is 0.680. The topological polar surface area (TPSA) is 137 Å². The quantitative estimate of drug-likeness (QED) is 0.474. The molecule has 0 aromatic carbocycles. The molecule has 5 rings (SSSR count). The smallest absolute Gasteiger partial charge is 0.354 e. The van der Waals surface area contributed by atoms with Gasteiger partial charge in [-0.2, -0.15) is 18.4 Å². The number of hydrogen-bond acceptors (Lipinski definition) is 7. The number of aromatic nitrogens is 4. The largest absolute Gasteiger partial charge is 0.417 e. The molecule has 1 amide bonds. The lowest BCUT2D eigenvalue weighted by Gasteiger charge is -2.34. The average molecular weight is 513 g/mol. The van der Waals surface area contributed by atoms with Crippen molar-refractivity contribution in [3.63, 3.8) is 0 Å². The predicted octanol–water partition coefficient (Wildman–Crippen LogP) is 3.69. The summed E-state index contributed by atoms with van der Waals surface area (Å²) in [6.07, 6.45) is 3.51. The number of hydrogen-bond donors (Lipinski definition) is 3. The van der Waals surface area contributed by atoms with Crippen LogP contribution in [0, 0.1) is 23.2 Å². The van der Waals surface area contributed by atoms with Gasteiger partial charge in [0.15, 0.2) is 0 Å². The normalized spacial score (nSPS) is 20.8. The number of piperidine rings is 1. The lowest BCUT2D eigenvalue weighted by atomic mass is 9.94. The summed E-state index contributed by atoms with van der Waals surface area (Å²) in [4.78, 5) is 30.1. The number of nitrogens with one attached hydrogen (secondary N) is 2. The van der Waals surface area contributed by atoms with Gasteiger partial charge in [-0.15, -0.1) is 0 Å². The van der Waals surface area contributed by atoms with Crippen molar-refractivity contribution >= 4 is 22.9 Å². The van der Waals surface area contributed by atoms with E-state index in [4.69, 9.17) is 5.73 Å². The van der Waals surface area contributed by atoms with Crippen molar-refractivity contribution in [2.75, 3.05) is 25.0 Å². The maximum absolute atomic E-state index is 13.2. The van der Waals surface area contributed by atoms with E-state index in [9.17, 15) is 23.2 Å². The number of nitrogens with two attached hydrogens (primary N) is 1. The summed E-state index contributed by atoms with van der Waals surface area (Å²) < 4.78 is 39.7. The fourth-order valence-corrected chi connectivity index (χ4v) is 5.23. The molecule has 4 heterocycles. The number of H-pyrrole nitrogens is 1. The Morgan fingerprint density at radius 1 is 1.22 bits per heavy atom. The first kappa shape index (κ1) is 25.0. The van der Waals surface area contributed by atoms with Crippen LogP contribution >= 0.6 is 0 Å². The lowest BCUT2D eigenvalue weighted by molar-refractivity contribution is -0.138. The summed E-state index contributed by atoms with van der Waals surface area (Å²) >= 11 is 0. The molecule has 9 nitrogen and oxygen atoms in total. The minimum atomic E-state index is -4.55. The minimum absolute atomic E-state index is 0.0393. The number of nitriles is 1. The molecular formula is C25H27F3N8O. The van der Waals surface area contributed by atoms with Gasteiger partial charge in [-0.25, -0.2) is 15.0 Å². The molecule has 12 heteroatoms. The first-order chi connectivity index (χ1) is 17.7. The monoisotopic (exact) mass is 512 g/mol. The predicted molar refractivity (Wildman–Crippen MR) is 130 cm³/mol. The van der Waals surface area contributed by atoms with Gasteiger partial charge in [0.1, 0.15) is 11.7 Å². The second-order valence-electron chi connectivity index (χ2n) is 9.74. The Morgan fingerprint density at radius 2 is 2.00 bits per heavy atom. The third kappa shape index (κ3) is 5.09. The molecule has 4 N–H and O–H groups in total. The van der Waals surface area contributed by atoms with Gasteiger partial charge in [0.25, 0.3) is 0 Å². The van der Waals surface area contributed by atoms with Gasteiger partial charge in [-0.1, -0.05) is 6.42 Å². The van der Waals surface area contributed by atoms with Crippen LogP contribution in [0.5, 0.6) is 0 Å². The van der Waals surface area contributed by atoms with Crippen LogP contribution in [0.3, 0.4) is 0 Å². The molecule has 2 atom stereocenters. The molecule has 3 aromatic heterocycles. The Bertz CT molecular complexity index is 1340. The first-order valence-corrected chi connectivity index (χ1v) is 12.3. The maximum Gasteiger partial charge on any atom is 0.417 e. The zero-order valence-electron chi connectivity index (χ0n) is 20.1. The van der Waals surface area contributed by atoms with Crippen molar-refractivity contribution in [1.29, 1.82) is 5.26 Å². The maximum atomic E-state index is 13.2. The van der Waals surface area contributed by atoms with Crippen LogP contribution in [0.25, 0.3) is 22.3 Å². The number of fused-ring (bicyclic) bond motifs is 1. The molecular weight excluding hydrogens is 485 g/mol. The number of amides is 1. The Morgan fingerprint density at radius 3 is 2.68 bits per heavy atom. The molecule has 2 fully saturated rings. The molecule has 2 aliphatic rings. The molecule has 1 saturated carbocycles. The van der Waals surface area contributed by atoms with Gasteiger partial charge in [-0.05, 0) is 37.7 Å². The average Bonchev–Trinajstić information content (AvgIpc) is 3.52. The van der Waals surface area contributed by atoms with Crippen LogP contribution in [0.1, 0.15) is 43.2 Å². The number of alkyl halides is 3. The number of nitrogens with zero attached hydrogens (tertiary/aromatic N) is 5. The number of carbonyl (C=O) groups excluding carboxylic acids is 1. The fraction of sp³-hybridized carbons (Fsp3) is 0.480. The van der Waals surface area contributed by atoms with E-state index in [1.165, 1.54) is 12.4 Å². The van der Waals surface area contributed by atoms with E-state index in [2.05, 4.69) is 25.3 Å². The van der Waals surface area contributed by atoms with E-state index in [1.54, 1.807) is 0 Å². The van der Waals surface area contributed by atoms with Gasteiger partial charge in [-0.3, -0.25) is 4.79 Å². The molecule has 3 aromatic rings. The second-order valence-corrected chi connectivity index (χ2v) is 9.74. The molecule has 0 bridgehead atoms. The summed E-state index contributed by atoms with van der Waals surface area (Å²) in [7, 11) is 0. The van der Waals surface area contributed by atoms with Crippen LogP contribution in [0.2, 0.25) is 0 Å². The van der Waals surface area contributed by atoms with E-state index in [1.807, 2.05) is 11.0 Å². The van der Waals surface area contributed by atoms with Crippen LogP contribution in [-0.4, -0.2) is 56.4 Å². The van der Waals surface area contributed by atoms with Crippen molar-refractivity contribution in [3.8, 4) is 17.3 Å². The van der Waals surface area contributed by atoms with Crippen LogP contribution in [-0.2, 0) is 11.0 Å². The van der Waals surface area contributed by atoms with Crippen LogP contribution in [0.4, 0.5) is 19.1 Å². The number of aromatic amines is 1. The Kier molecular flexibility index (Phi) is 6.72. The van der Waals surface area contributed by atoms with Crippen molar-refractivity contribution in [1.82, 2.24) is 24.8 Å². The van der Waals surface area contributed by atoms with Gasteiger partial charge in [0.2, 0.25) is 11.9 Å². The Balaban J connectivity index is 1.27. The van der Waals surface area contributed by atoms with Crippen molar-refractivity contribution in [2.24, 2.45) is 17.6 Å². The summed E-state index contributed by atoms with van der Waals surface area (Å²) in [5, 5.41) is 13.0. The van der Waals surface area contributed by atoms with Gasteiger partial charge in [0, 0.05) is 49.0 Å². The lowest BCUT2D eigenvalue weighted by Crippen LogP contribution is -2.46. The number of likely N-dealkylation sites (tertiary alicyclic amines) is 1. The molecule has 0 spiro atoms. The van der Waals surface area contributed by atoms with Crippen LogP contribution in [0.15, 0.2) is 24.7 Å². The van der Waals surface area contributed by atoms with Gasteiger partial charge < -0.3 is 20.9 Å². The highest BCUT2D eigenvalue weighted by Crippen LogP contribution is 2.35. The third-order valence-electron chi connectivity index (χ3n) is 7.38. The molecule has 1 aliphatic carbocycles. The Hall–Kier alpha value is -3.72. The summed E-state index contributed by atoms with van der Waals surface area (Å²) in [6.45, 7) is 1.93. The number of carbonyl (C=O) groups is 1. The number of halogens is 3. The van der Waals surface area contributed by atoms with Gasteiger partial charge >= 0.3 is 6.18 Å². The highest BCUT2D eigenvalue weighted by Gasteiger charge is 2.35. The number of rotatable bonds is 5. The Labute approximate surface area is 211 Å². The molecule has 0 unspecified atom stereocenters. The molecule has 0 radical (unpaired) electrons. The van der Waals surface area contributed by atoms with Gasteiger partial charge in [0.05, 0.1) is 28.9 Å². The number of pyridine rings is 1. The highest BCUT2D eigenvalue weighted by molar-refractivity contribution is 5.94. The highest BCUT2D eigenvalue weighted by atomic mass is 19.4. The summed E-state index contributed by atoms with van der Waals surface area (Å²) in [6, 6.07) is 2.97. The molecule has 1 aliphatic heterocycles. The van der Waals surface area contributed by atoms with Crippen molar-refractivity contribution in [3.05, 3.63) is 35.8 Å². The summed E-state index contributed by atoms with van der Waals surface area (Å²) in [5.41, 5.74) is 6.19. The van der Waals surface area contributed by atoms with E-state index in [0.717, 1.165) is 44.4 Å². The van der Waals surface area contributed by atoms with E-state index in [0.29, 0.717) is 31.1 Å². The number of anilines is 1. The molecule has 194 valence electrons. The van der Waals surface area contributed by atoms with Crippen molar-refractivity contribution < 1.29 is 18.0 Å². The second kappa shape index (κ2) is 9.97. The minimum Gasteiger partial charge on any atom is -0.354 e. The zero-order chi connectivity index (χ0) is 26.2. The first-order valence-electron chi connectivity index (χ1n) is 12.3. The van der Waals surface area contributed by atoms with Crippen molar-refractivity contribution in [2.45, 2.75) is 44.3 Å².